The molecule has 2 heterocycles. The van der Waals surface area contributed by atoms with Crippen LogP contribution in [0.1, 0.15) is 12.0 Å². The molecule has 8 nitrogen and oxygen atoms in total. The standard InChI is InChI=1S/C19H16BClF4N4O4/c20-18(11-7-26-10-27-8-11,17(31)28-12-5-6-32-9-12)29(16(30)15(21)22)13-1-3-14(4-2-13)33-19(23,24)25/h1-4,7-8,10,12,15H,5-6,9H2,(H,28,31)/t12-,15+,18-/m1/s1. The summed E-state index contributed by atoms with van der Waals surface area (Å²) in [4.78, 5) is 34.3. The Morgan fingerprint density at radius 3 is 2.39 bits per heavy atom. The maximum atomic E-state index is 14.0. The molecule has 0 saturated carbocycles. The van der Waals surface area contributed by atoms with Gasteiger partial charge in [0, 0.05) is 30.3 Å². The van der Waals surface area contributed by atoms with Crippen molar-refractivity contribution in [2.45, 2.75) is 29.9 Å². The number of nitrogens with zero attached hydrogens (tertiary/aromatic N) is 3. The zero-order valence-corrected chi connectivity index (χ0v) is 17.5. The number of anilines is 1. The van der Waals surface area contributed by atoms with Crippen LogP contribution < -0.4 is 15.0 Å². The predicted octanol–water partition coefficient (Wildman–Crippen LogP) is 2.17. The Morgan fingerprint density at radius 1 is 1.24 bits per heavy atom. The summed E-state index contributed by atoms with van der Waals surface area (Å²) in [6.07, 6.45) is -1.08. The number of rotatable bonds is 7. The molecule has 1 saturated heterocycles. The van der Waals surface area contributed by atoms with Crippen molar-refractivity contribution in [1.29, 1.82) is 0 Å². The van der Waals surface area contributed by atoms with Crippen LogP contribution in [0.3, 0.4) is 0 Å². The number of nitrogens with one attached hydrogen (secondary N) is 1. The Hall–Kier alpha value is -2.93. The first-order valence-electron chi connectivity index (χ1n) is 9.43. The van der Waals surface area contributed by atoms with Gasteiger partial charge in [0.1, 0.15) is 25.4 Å². The molecule has 14 heteroatoms. The average molecular weight is 487 g/mol. The van der Waals surface area contributed by atoms with E-state index < -0.39 is 41.0 Å². The van der Waals surface area contributed by atoms with Crippen molar-refractivity contribution in [2.24, 2.45) is 0 Å². The minimum absolute atomic E-state index is 0.109. The van der Waals surface area contributed by atoms with Crippen molar-refractivity contribution >= 4 is 36.9 Å². The number of halogens is 5. The van der Waals surface area contributed by atoms with Gasteiger partial charge in [0.05, 0.1) is 12.6 Å². The number of hydrogen-bond donors (Lipinski definition) is 1. The van der Waals surface area contributed by atoms with Gasteiger partial charge in [-0.2, -0.15) is 0 Å². The second-order valence-electron chi connectivity index (χ2n) is 6.94. The van der Waals surface area contributed by atoms with Crippen LogP contribution in [0, 0.1) is 0 Å². The van der Waals surface area contributed by atoms with Gasteiger partial charge in [-0.05, 0) is 30.7 Å². The Labute approximate surface area is 191 Å². The molecule has 1 aromatic carbocycles. The normalized spacial score (nSPS) is 18.8. The summed E-state index contributed by atoms with van der Waals surface area (Å²) < 4.78 is 60.5. The molecular formula is C19H16BClF4N4O4. The Balaban J connectivity index is 2.08. The number of carbonyl (C=O) groups is 2. The van der Waals surface area contributed by atoms with Crippen LogP contribution in [0.4, 0.5) is 23.2 Å². The van der Waals surface area contributed by atoms with E-state index in [4.69, 9.17) is 24.2 Å². The topological polar surface area (TPSA) is 93.6 Å². The van der Waals surface area contributed by atoms with Gasteiger partial charge in [0.25, 0.3) is 11.5 Å². The third-order valence-corrected chi connectivity index (χ3v) is 4.89. The number of carbonyl (C=O) groups excluding carboxylic acids is 2. The number of benzene rings is 1. The van der Waals surface area contributed by atoms with Crippen LogP contribution >= 0.6 is 11.6 Å². The highest BCUT2D eigenvalue weighted by molar-refractivity contribution is 6.37. The maximum Gasteiger partial charge on any atom is 0.573 e. The molecule has 33 heavy (non-hydrogen) atoms. The van der Waals surface area contributed by atoms with E-state index in [1.807, 2.05) is 0 Å². The van der Waals surface area contributed by atoms with Gasteiger partial charge in [-0.1, -0.05) is 11.6 Å². The van der Waals surface area contributed by atoms with Crippen LogP contribution in [0.5, 0.6) is 5.75 Å². The molecule has 0 unspecified atom stereocenters. The van der Waals surface area contributed by atoms with E-state index in [2.05, 4.69) is 20.0 Å². The summed E-state index contributed by atoms with van der Waals surface area (Å²) in [7, 11) is 6.43. The fourth-order valence-corrected chi connectivity index (χ4v) is 3.30. The van der Waals surface area contributed by atoms with Crippen molar-refractivity contribution in [3.05, 3.63) is 48.5 Å². The van der Waals surface area contributed by atoms with Crippen molar-refractivity contribution in [2.75, 3.05) is 18.1 Å². The van der Waals surface area contributed by atoms with Crippen LogP contribution in [-0.4, -0.2) is 60.9 Å². The van der Waals surface area contributed by atoms with Gasteiger partial charge >= 0.3 is 6.36 Å². The monoisotopic (exact) mass is 486 g/mol. The highest BCUT2D eigenvalue weighted by atomic mass is 35.5. The average Bonchev–Trinajstić information content (AvgIpc) is 3.27. The molecule has 1 aliphatic rings. The van der Waals surface area contributed by atoms with E-state index in [1.54, 1.807) is 0 Å². The Kier molecular flexibility index (Phi) is 7.43. The Bertz CT molecular complexity index is 978. The van der Waals surface area contributed by atoms with E-state index in [1.165, 1.54) is 0 Å². The first-order chi connectivity index (χ1) is 15.5. The summed E-state index contributed by atoms with van der Waals surface area (Å²) in [5, 5.41) is 2.63. The van der Waals surface area contributed by atoms with Gasteiger partial charge in [-0.15, -0.1) is 13.2 Å². The first kappa shape index (κ1) is 24.7. The van der Waals surface area contributed by atoms with Crippen LogP contribution in [0.15, 0.2) is 43.0 Å². The fraction of sp³-hybridized carbons (Fsp3) is 0.368. The van der Waals surface area contributed by atoms with E-state index in [0.29, 0.717) is 17.9 Å². The lowest BCUT2D eigenvalue weighted by Gasteiger charge is -2.41. The fourth-order valence-electron chi connectivity index (χ4n) is 3.20. The third-order valence-electron chi connectivity index (χ3n) is 4.70. The van der Waals surface area contributed by atoms with Gasteiger partial charge in [0.2, 0.25) is 5.91 Å². The number of amides is 2. The molecule has 2 amide bonds. The largest absolute Gasteiger partial charge is 0.573 e. The highest BCUT2D eigenvalue weighted by Gasteiger charge is 2.47. The molecule has 3 atom stereocenters. The third kappa shape index (κ3) is 5.71. The SMILES string of the molecule is [B][C@](C(=O)N[C@@H]1CCOC1)(c1cncnc1)N(C(=O)[C@H](F)Cl)c1ccc(OC(F)(F)F)cc1. The lowest BCUT2D eigenvalue weighted by molar-refractivity contribution is -0.274. The Morgan fingerprint density at radius 2 is 1.88 bits per heavy atom. The first-order valence-corrected chi connectivity index (χ1v) is 9.87. The maximum absolute atomic E-state index is 14.0. The molecule has 1 aliphatic heterocycles. The molecule has 0 spiro atoms. The van der Waals surface area contributed by atoms with Crippen LogP contribution in [-0.2, 0) is 19.8 Å². The second-order valence-corrected chi connectivity index (χ2v) is 7.33. The van der Waals surface area contributed by atoms with Crippen molar-refractivity contribution < 1.29 is 36.6 Å². The van der Waals surface area contributed by atoms with Crippen LogP contribution in [0.25, 0.3) is 0 Å². The number of aromatic nitrogens is 2. The molecule has 3 rings (SSSR count). The molecule has 2 radical (unpaired) electrons. The quantitative estimate of drug-likeness (QED) is 0.366. The van der Waals surface area contributed by atoms with E-state index in [-0.39, 0.29) is 17.9 Å². The molecular weight excluding hydrogens is 470 g/mol. The second kappa shape index (κ2) is 9.92. The van der Waals surface area contributed by atoms with E-state index >= 15 is 0 Å². The summed E-state index contributed by atoms with van der Waals surface area (Å²) in [5.74, 6) is -2.99. The number of ether oxygens (including phenoxy) is 2. The molecule has 0 bridgehead atoms. The molecule has 1 fully saturated rings. The van der Waals surface area contributed by atoms with Gasteiger partial charge in [-0.25, -0.2) is 14.4 Å². The minimum atomic E-state index is -4.96. The zero-order valence-electron chi connectivity index (χ0n) is 16.8. The van der Waals surface area contributed by atoms with Gasteiger partial charge in [0.15, 0.2) is 0 Å². The predicted molar refractivity (Wildman–Crippen MR) is 108 cm³/mol. The molecule has 1 N–H and O–H groups in total. The summed E-state index contributed by atoms with van der Waals surface area (Å²) in [5.41, 5.74) is -5.40. The van der Waals surface area contributed by atoms with Crippen molar-refractivity contribution in [1.82, 2.24) is 15.3 Å². The molecule has 174 valence electrons. The van der Waals surface area contributed by atoms with Crippen molar-refractivity contribution in [3.8, 4) is 5.75 Å². The van der Waals surface area contributed by atoms with Gasteiger partial charge < -0.3 is 14.8 Å². The molecule has 2 aromatic rings. The number of alkyl halides is 5. The highest BCUT2D eigenvalue weighted by Crippen LogP contribution is 2.34. The summed E-state index contributed by atoms with van der Waals surface area (Å²) >= 11 is 5.39. The smallest absolute Gasteiger partial charge is 0.406 e. The summed E-state index contributed by atoms with van der Waals surface area (Å²) in [6.45, 7) is 0.570. The lowest BCUT2D eigenvalue weighted by Crippen LogP contribution is -2.62. The van der Waals surface area contributed by atoms with E-state index in [9.17, 15) is 27.2 Å². The van der Waals surface area contributed by atoms with Crippen LogP contribution in [0.2, 0.25) is 0 Å². The lowest BCUT2D eigenvalue weighted by atomic mass is 9.70. The van der Waals surface area contributed by atoms with Crippen molar-refractivity contribution in [3.63, 3.8) is 0 Å². The molecule has 1 aromatic heterocycles. The molecule has 0 aliphatic carbocycles. The number of hydrogen-bond acceptors (Lipinski definition) is 6. The minimum Gasteiger partial charge on any atom is -0.406 e. The van der Waals surface area contributed by atoms with E-state index in [0.717, 1.165) is 43.0 Å². The summed E-state index contributed by atoms with van der Waals surface area (Å²) in [6, 6.07) is 3.29. The van der Waals surface area contributed by atoms with Gasteiger partial charge in [-0.3, -0.25) is 14.5 Å². The zero-order chi connectivity index (χ0) is 24.2.